The molecule has 1 aliphatic rings. The van der Waals surface area contributed by atoms with Crippen molar-refractivity contribution >= 4 is 11.8 Å². The van der Waals surface area contributed by atoms with E-state index in [0.717, 1.165) is 24.8 Å². The molecule has 4 nitrogen and oxygen atoms in total. The number of hydrogen-bond donors (Lipinski definition) is 2. The van der Waals surface area contributed by atoms with Crippen molar-refractivity contribution in [1.82, 2.24) is 10.6 Å². The third-order valence-electron chi connectivity index (χ3n) is 5.56. The minimum atomic E-state index is -0.212. The Morgan fingerprint density at radius 1 is 1.11 bits per heavy atom. The van der Waals surface area contributed by atoms with Crippen LogP contribution < -0.4 is 10.6 Å². The number of carbonyl (C=O) groups is 2. The molecule has 0 radical (unpaired) electrons. The van der Waals surface area contributed by atoms with Gasteiger partial charge in [-0.25, -0.2) is 0 Å². The molecule has 1 fully saturated rings. The van der Waals surface area contributed by atoms with Crippen molar-refractivity contribution < 1.29 is 9.59 Å². The van der Waals surface area contributed by atoms with Crippen molar-refractivity contribution in [3.63, 3.8) is 0 Å². The van der Waals surface area contributed by atoms with Gasteiger partial charge in [0, 0.05) is 18.4 Å². The van der Waals surface area contributed by atoms with Gasteiger partial charge in [0.1, 0.15) is 0 Å². The molecule has 1 aliphatic heterocycles. The molecule has 2 aromatic carbocycles. The van der Waals surface area contributed by atoms with E-state index in [9.17, 15) is 9.59 Å². The highest BCUT2D eigenvalue weighted by molar-refractivity contribution is 5.80. The average Bonchev–Trinajstić information content (AvgIpc) is 3.09. The molecule has 3 rings (SSSR count). The summed E-state index contributed by atoms with van der Waals surface area (Å²) in [6.07, 6.45) is 4.11. The SMILES string of the molecule is CCC1(CCC(=O)NC(Cc2ccccc2)c2ccccc2)CCC(=O)N1. The lowest BCUT2D eigenvalue weighted by atomic mass is 9.88. The third kappa shape index (κ3) is 5.19. The van der Waals surface area contributed by atoms with Crippen molar-refractivity contribution in [3.05, 3.63) is 71.8 Å². The van der Waals surface area contributed by atoms with E-state index >= 15 is 0 Å². The lowest BCUT2D eigenvalue weighted by molar-refractivity contribution is -0.123. The third-order valence-corrected chi connectivity index (χ3v) is 5.56. The summed E-state index contributed by atoms with van der Waals surface area (Å²) in [7, 11) is 0. The van der Waals surface area contributed by atoms with Crippen molar-refractivity contribution in [1.29, 1.82) is 0 Å². The smallest absolute Gasteiger partial charge is 0.220 e. The van der Waals surface area contributed by atoms with Crippen molar-refractivity contribution in [3.8, 4) is 0 Å². The van der Waals surface area contributed by atoms with Gasteiger partial charge in [0.05, 0.1) is 6.04 Å². The first kappa shape index (κ1) is 19.2. The van der Waals surface area contributed by atoms with Gasteiger partial charge < -0.3 is 10.6 Å². The van der Waals surface area contributed by atoms with Crippen LogP contribution in [0.3, 0.4) is 0 Å². The predicted molar refractivity (Wildman–Crippen MR) is 107 cm³/mol. The first-order valence-electron chi connectivity index (χ1n) is 9.79. The zero-order valence-corrected chi connectivity index (χ0v) is 15.9. The fourth-order valence-electron chi connectivity index (χ4n) is 3.81. The number of nitrogens with one attached hydrogen (secondary N) is 2. The largest absolute Gasteiger partial charge is 0.351 e. The van der Waals surface area contributed by atoms with Crippen LogP contribution in [0.25, 0.3) is 0 Å². The summed E-state index contributed by atoms with van der Waals surface area (Å²) in [5, 5.41) is 6.28. The van der Waals surface area contributed by atoms with Gasteiger partial charge in [-0.15, -0.1) is 0 Å². The van der Waals surface area contributed by atoms with Gasteiger partial charge in [0.15, 0.2) is 0 Å². The van der Waals surface area contributed by atoms with E-state index in [1.165, 1.54) is 5.56 Å². The molecule has 0 aliphatic carbocycles. The Morgan fingerprint density at radius 3 is 2.37 bits per heavy atom. The van der Waals surface area contributed by atoms with Gasteiger partial charge in [-0.05, 0) is 36.8 Å². The Hall–Kier alpha value is -2.62. The number of benzene rings is 2. The van der Waals surface area contributed by atoms with E-state index in [1.54, 1.807) is 0 Å². The van der Waals surface area contributed by atoms with Crippen LogP contribution in [-0.2, 0) is 16.0 Å². The molecule has 2 aromatic rings. The summed E-state index contributed by atoms with van der Waals surface area (Å²) in [6.45, 7) is 2.08. The van der Waals surface area contributed by atoms with Crippen LogP contribution in [-0.4, -0.2) is 17.4 Å². The fourth-order valence-corrected chi connectivity index (χ4v) is 3.81. The average molecular weight is 364 g/mol. The molecule has 142 valence electrons. The first-order chi connectivity index (χ1) is 13.1. The summed E-state index contributed by atoms with van der Waals surface area (Å²) >= 11 is 0. The zero-order chi connectivity index (χ0) is 19.1. The van der Waals surface area contributed by atoms with Crippen LogP contribution in [0.1, 0.15) is 56.2 Å². The van der Waals surface area contributed by atoms with E-state index in [1.807, 2.05) is 36.4 Å². The van der Waals surface area contributed by atoms with Crippen LogP contribution in [0.15, 0.2) is 60.7 Å². The van der Waals surface area contributed by atoms with E-state index in [2.05, 4.69) is 41.8 Å². The van der Waals surface area contributed by atoms with Gasteiger partial charge in [-0.1, -0.05) is 67.6 Å². The highest BCUT2D eigenvalue weighted by atomic mass is 16.2. The fraction of sp³-hybridized carbons (Fsp3) is 0.391. The van der Waals surface area contributed by atoms with Crippen molar-refractivity contribution in [2.75, 3.05) is 0 Å². The summed E-state index contributed by atoms with van der Waals surface area (Å²) in [4.78, 5) is 24.3. The van der Waals surface area contributed by atoms with E-state index < -0.39 is 0 Å². The maximum absolute atomic E-state index is 12.7. The second-order valence-corrected chi connectivity index (χ2v) is 7.40. The number of rotatable bonds is 8. The van der Waals surface area contributed by atoms with Crippen LogP contribution in [0.4, 0.5) is 0 Å². The van der Waals surface area contributed by atoms with E-state index in [-0.39, 0.29) is 23.4 Å². The lowest BCUT2D eigenvalue weighted by Crippen LogP contribution is -2.42. The Bertz CT molecular complexity index is 760. The van der Waals surface area contributed by atoms with Crippen LogP contribution in [0.5, 0.6) is 0 Å². The molecular weight excluding hydrogens is 336 g/mol. The monoisotopic (exact) mass is 364 g/mol. The molecular formula is C23H28N2O2. The quantitative estimate of drug-likeness (QED) is 0.746. The highest BCUT2D eigenvalue weighted by Gasteiger charge is 2.36. The van der Waals surface area contributed by atoms with Crippen LogP contribution in [0.2, 0.25) is 0 Å². The molecule has 0 spiro atoms. The molecule has 0 saturated carbocycles. The Labute approximate surface area is 161 Å². The summed E-state index contributed by atoms with van der Waals surface area (Å²) < 4.78 is 0. The standard InChI is InChI=1S/C23H28N2O2/c1-2-23(16-14-22(27)25-23)15-13-21(26)24-20(19-11-7-4-8-12-19)17-18-9-5-3-6-10-18/h3-12,20H,2,13-17H2,1H3,(H,24,26)(H,25,27). The summed E-state index contributed by atoms with van der Waals surface area (Å²) in [5.41, 5.74) is 2.09. The van der Waals surface area contributed by atoms with Crippen LogP contribution in [0, 0.1) is 0 Å². The molecule has 2 amide bonds. The molecule has 2 N–H and O–H groups in total. The Balaban J connectivity index is 1.64. The van der Waals surface area contributed by atoms with Gasteiger partial charge >= 0.3 is 0 Å². The molecule has 1 saturated heterocycles. The normalized spacial score (nSPS) is 20.1. The van der Waals surface area contributed by atoms with Crippen LogP contribution >= 0.6 is 0 Å². The number of amides is 2. The minimum absolute atomic E-state index is 0.0359. The second kappa shape index (κ2) is 8.85. The first-order valence-corrected chi connectivity index (χ1v) is 9.79. The van der Waals surface area contributed by atoms with E-state index in [4.69, 9.17) is 0 Å². The molecule has 2 atom stereocenters. The number of hydrogen-bond acceptors (Lipinski definition) is 2. The predicted octanol–water partition coefficient (Wildman–Crippen LogP) is 3.93. The van der Waals surface area contributed by atoms with Gasteiger partial charge in [-0.2, -0.15) is 0 Å². The van der Waals surface area contributed by atoms with Crippen molar-refractivity contribution in [2.24, 2.45) is 0 Å². The molecule has 1 heterocycles. The molecule has 27 heavy (non-hydrogen) atoms. The molecule has 2 unspecified atom stereocenters. The number of carbonyl (C=O) groups excluding carboxylic acids is 2. The highest BCUT2D eigenvalue weighted by Crippen LogP contribution is 2.29. The molecule has 0 bridgehead atoms. The van der Waals surface area contributed by atoms with E-state index in [0.29, 0.717) is 19.3 Å². The summed E-state index contributed by atoms with van der Waals surface area (Å²) in [6, 6.07) is 20.2. The Kier molecular flexibility index (Phi) is 6.28. The van der Waals surface area contributed by atoms with Gasteiger partial charge in [0.25, 0.3) is 0 Å². The van der Waals surface area contributed by atoms with Gasteiger partial charge in [0.2, 0.25) is 11.8 Å². The lowest BCUT2D eigenvalue weighted by Gasteiger charge is -2.28. The maximum atomic E-state index is 12.7. The minimum Gasteiger partial charge on any atom is -0.351 e. The molecule has 4 heteroatoms. The van der Waals surface area contributed by atoms with Crippen molar-refractivity contribution in [2.45, 2.75) is 57.0 Å². The molecule has 0 aromatic heterocycles. The Morgan fingerprint density at radius 2 is 1.78 bits per heavy atom. The maximum Gasteiger partial charge on any atom is 0.220 e. The summed E-state index contributed by atoms with van der Waals surface area (Å²) in [5.74, 6) is 0.136. The second-order valence-electron chi connectivity index (χ2n) is 7.40. The van der Waals surface area contributed by atoms with Gasteiger partial charge in [-0.3, -0.25) is 9.59 Å². The zero-order valence-electron chi connectivity index (χ0n) is 15.9. The topological polar surface area (TPSA) is 58.2 Å².